The molecule has 0 spiro atoms. The highest BCUT2D eigenvalue weighted by molar-refractivity contribution is 7.89. The molecule has 9 heteroatoms. The summed E-state index contributed by atoms with van der Waals surface area (Å²) >= 11 is 5.89. The van der Waals surface area contributed by atoms with Gasteiger partial charge >= 0.3 is 0 Å². The van der Waals surface area contributed by atoms with Crippen molar-refractivity contribution >= 4 is 27.5 Å². The van der Waals surface area contributed by atoms with Crippen LogP contribution in [0.5, 0.6) is 0 Å². The molecular weight excluding hydrogens is 426 g/mol. The molecule has 0 radical (unpaired) electrons. The Labute approximate surface area is 179 Å². The fourth-order valence-corrected chi connectivity index (χ4v) is 4.92. The third kappa shape index (κ3) is 4.40. The molecule has 7 nitrogen and oxygen atoms in total. The van der Waals surface area contributed by atoms with Crippen LogP contribution < -0.4 is 5.32 Å². The second-order valence-electron chi connectivity index (χ2n) is 7.01. The van der Waals surface area contributed by atoms with Crippen molar-refractivity contribution in [2.75, 3.05) is 13.1 Å². The van der Waals surface area contributed by atoms with Crippen molar-refractivity contribution in [1.82, 2.24) is 14.8 Å². The molecule has 0 aliphatic carbocycles. The third-order valence-corrected chi connectivity index (χ3v) is 7.10. The summed E-state index contributed by atoms with van der Waals surface area (Å²) in [5, 5.41) is 7.35. The Morgan fingerprint density at radius 3 is 2.40 bits per heavy atom. The second-order valence-corrected chi connectivity index (χ2v) is 9.38. The average Bonchev–Trinajstić information content (AvgIpc) is 3.45. The molecule has 4 rings (SSSR count). The Morgan fingerprint density at radius 2 is 1.73 bits per heavy atom. The maximum Gasteiger partial charge on any atom is 0.251 e. The summed E-state index contributed by atoms with van der Waals surface area (Å²) in [7, 11) is -3.49. The molecule has 3 aromatic rings. The topological polar surface area (TPSA) is 92.5 Å². The number of aromatic nitrogens is 1. The number of benzene rings is 2. The van der Waals surface area contributed by atoms with E-state index in [-0.39, 0.29) is 17.3 Å². The molecule has 30 heavy (non-hydrogen) atoms. The molecule has 1 saturated heterocycles. The Morgan fingerprint density at radius 1 is 1.07 bits per heavy atom. The molecule has 0 unspecified atom stereocenters. The Balaban J connectivity index is 1.38. The second kappa shape index (κ2) is 8.59. The minimum absolute atomic E-state index is 0.184. The lowest BCUT2D eigenvalue weighted by molar-refractivity contribution is 0.0950. The van der Waals surface area contributed by atoms with E-state index >= 15 is 0 Å². The summed E-state index contributed by atoms with van der Waals surface area (Å²) < 4.78 is 31.9. The van der Waals surface area contributed by atoms with Gasteiger partial charge in [-0.15, -0.1) is 0 Å². The predicted octanol–water partition coefficient (Wildman–Crippen LogP) is 3.71. The molecule has 2 heterocycles. The molecule has 156 valence electrons. The van der Waals surface area contributed by atoms with Crippen molar-refractivity contribution in [2.24, 2.45) is 0 Å². The highest BCUT2D eigenvalue weighted by Crippen LogP contribution is 2.23. The first-order valence-corrected chi connectivity index (χ1v) is 11.4. The Bertz CT molecular complexity index is 1140. The van der Waals surface area contributed by atoms with E-state index in [0.717, 1.165) is 18.4 Å². The van der Waals surface area contributed by atoms with Gasteiger partial charge in [-0.25, -0.2) is 8.42 Å². The maximum atomic E-state index is 12.6. The van der Waals surface area contributed by atoms with Crippen LogP contribution in [0.3, 0.4) is 0 Å². The first-order chi connectivity index (χ1) is 14.4. The number of hydrogen-bond acceptors (Lipinski definition) is 5. The van der Waals surface area contributed by atoms with Gasteiger partial charge in [0, 0.05) is 35.3 Å². The van der Waals surface area contributed by atoms with E-state index in [1.54, 1.807) is 18.2 Å². The lowest BCUT2D eigenvalue weighted by Crippen LogP contribution is -2.28. The van der Waals surface area contributed by atoms with Gasteiger partial charge in [-0.1, -0.05) is 16.8 Å². The fourth-order valence-electron chi connectivity index (χ4n) is 3.27. The maximum absolute atomic E-state index is 12.6. The van der Waals surface area contributed by atoms with Crippen LogP contribution >= 0.6 is 11.6 Å². The summed E-state index contributed by atoms with van der Waals surface area (Å²) in [5.74, 6) is 0.253. The van der Waals surface area contributed by atoms with Gasteiger partial charge in [0.2, 0.25) is 10.0 Å². The molecule has 1 aliphatic rings. The predicted molar refractivity (Wildman–Crippen MR) is 113 cm³/mol. The highest BCUT2D eigenvalue weighted by atomic mass is 35.5. The lowest BCUT2D eigenvalue weighted by Gasteiger charge is -2.15. The number of rotatable bonds is 6. The van der Waals surface area contributed by atoms with Gasteiger partial charge in [0.25, 0.3) is 5.91 Å². The zero-order valence-electron chi connectivity index (χ0n) is 16.0. The molecule has 0 bridgehead atoms. The van der Waals surface area contributed by atoms with Crippen LogP contribution in [0.1, 0.15) is 28.9 Å². The summed E-state index contributed by atoms with van der Waals surface area (Å²) in [5.41, 5.74) is 1.78. The molecule has 1 N–H and O–H groups in total. The van der Waals surface area contributed by atoms with Crippen LogP contribution in [0.25, 0.3) is 11.3 Å². The highest BCUT2D eigenvalue weighted by Gasteiger charge is 2.27. The zero-order valence-corrected chi connectivity index (χ0v) is 17.6. The number of sulfonamides is 1. The van der Waals surface area contributed by atoms with E-state index in [1.165, 1.54) is 28.6 Å². The van der Waals surface area contributed by atoms with Gasteiger partial charge in [-0.05, 0) is 61.4 Å². The molecule has 1 amide bonds. The summed E-state index contributed by atoms with van der Waals surface area (Å²) in [6.07, 6.45) is 1.75. The minimum atomic E-state index is -3.49. The normalized spacial score (nSPS) is 14.7. The number of nitrogens with one attached hydrogen (secondary N) is 1. The molecule has 1 aliphatic heterocycles. The number of halogens is 1. The summed E-state index contributed by atoms with van der Waals surface area (Å²) in [6, 6.07) is 14.9. The first-order valence-electron chi connectivity index (χ1n) is 9.53. The van der Waals surface area contributed by atoms with Gasteiger partial charge < -0.3 is 9.84 Å². The number of nitrogens with zero attached hydrogens (tertiary/aromatic N) is 2. The smallest absolute Gasteiger partial charge is 0.251 e. The number of carbonyl (C=O) groups excluding carboxylic acids is 1. The van der Waals surface area contributed by atoms with E-state index in [2.05, 4.69) is 10.5 Å². The largest absolute Gasteiger partial charge is 0.356 e. The van der Waals surface area contributed by atoms with Crippen molar-refractivity contribution in [3.05, 3.63) is 70.9 Å². The van der Waals surface area contributed by atoms with Crippen LogP contribution in [-0.4, -0.2) is 36.9 Å². The van der Waals surface area contributed by atoms with E-state index in [4.69, 9.17) is 16.1 Å². The number of carbonyl (C=O) groups is 1. The standard InChI is InChI=1S/C21H20ClN3O4S/c22-17-7-3-15(4-8-17)20-13-18(24-29-20)14-23-21(26)16-5-9-19(10-6-16)30(27,28)25-11-1-2-12-25/h3-10,13H,1-2,11-12,14H2,(H,23,26). The average molecular weight is 446 g/mol. The zero-order chi connectivity index (χ0) is 21.1. The van der Waals surface area contributed by atoms with Crippen molar-refractivity contribution < 1.29 is 17.7 Å². The van der Waals surface area contributed by atoms with Crippen LogP contribution in [-0.2, 0) is 16.6 Å². The molecule has 1 aromatic heterocycles. The van der Waals surface area contributed by atoms with Crippen molar-refractivity contribution in [3.8, 4) is 11.3 Å². The summed E-state index contributed by atoms with van der Waals surface area (Å²) in [4.78, 5) is 12.6. The van der Waals surface area contributed by atoms with Crippen molar-refractivity contribution in [1.29, 1.82) is 0 Å². The van der Waals surface area contributed by atoms with Crippen molar-refractivity contribution in [2.45, 2.75) is 24.3 Å². The molecule has 1 fully saturated rings. The summed E-state index contributed by atoms with van der Waals surface area (Å²) in [6.45, 7) is 1.27. The van der Waals surface area contributed by atoms with E-state index < -0.39 is 10.0 Å². The van der Waals surface area contributed by atoms with Crippen LogP contribution in [0.15, 0.2) is 64.0 Å². The van der Waals surface area contributed by atoms with Crippen LogP contribution in [0.2, 0.25) is 5.02 Å². The van der Waals surface area contributed by atoms with Gasteiger partial charge in [0.05, 0.1) is 11.4 Å². The fraction of sp³-hybridized carbons (Fsp3) is 0.238. The van der Waals surface area contributed by atoms with E-state index in [1.807, 2.05) is 12.1 Å². The third-order valence-electron chi connectivity index (χ3n) is 4.94. The van der Waals surface area contributed by atoms with Gasteiger partial charge in [-0.3, -0.25) is 4.79 Å². The first kappa shape index (κ1) is 20.6. The Hall–Kier alpha value is -2.68. The SMILES string of the molecule is O=C(NCc1cc(-c2ccc(Cl)cc2)on1)c1ccc(S(=O)(=O)N2CCCC2)cc1. The van der Waals surface area contributed by atoms with Crippen LogP contribution in [0.4, 0.5) is 0 Å². The van der Waals surface area contributed by atoms with Gasteiger partial charge in [-0.2, -0.15) is 4.31 Å². The number of hydrogen-bond donors (Lipinski definition) is 1. The monoisotopic (exact) mass is 445 g/mol. The number of amides is 1. The van der Waals surface area contributed by atoms with Gasteiger partial charge in [0.1, 0.15) is 5.69 Å². The van der Waals surface area contributed by atoms with E-state index in [0.29, 0.717) is 35.1 Å². The minimum Gasteiger partial charge on any atom is -0.356 e. The van der Waals surface area contributed by atoms with Gasteiger partial charge in [0.15, 0.2) is 5.76 Å². The quantitative estimate of drug-likeness (QED) is 0.624. The molecule has 0 saturated carbocycles. The van der Waals surface area contributed by atoms with Crippen LogP contribution in [0, 0.1) is 0 Å². The van der Waals surface area contributed by atoms with E-state index in [9.17, 15) is 13.2 Å². The Kier molecular flexibility index (Phi) is 5.90. The molecular formula is C21H20ClN3O4S. The van der Waals surface area contributed by atoms with Crippen molar-refractivity contribution in [3.63, 3.8) is 0 Å². The lowest BCUT2D eigenvalue weighted by atomic mass is 10.1. The molecule has 0 atom stereocenters. The molecule has 2 aromatic carbocycles.